The lowest BCUT2D eigenvalue weighted by molar-refractivity contribution is -0.130. The van der Waals surface area contributed by atoms with Crippen molar-refractivity contribution in [2.45, 2.75) is 62.5 Å². The molecule has 5 rings (SSSR count). The minimum Gasteiger partial charge on any atom is -0.378 e. The monoisotopic (exact) mass is 458 g/mol. The fourth-order valence-corrected chi connectivity index (χ4v) is 6.28. The topological polar surface area (TPSA) is 58.6 Å². The molecule has 0 bridgehead atoms. The summed E-state index contributed by atoms with van der Waals surface area (Å²) in [5.41, 5.74) is 4.19. The van der Waals surface area contributed by atoms with E-state index in [-0.39, 0.29) is 29.4 Å². The molecule has 178 valence electrons. The maximum atomic E-state index is 13.1. The Labute approximate surface area is 202 Å². The summed E-state index contributed by atoms with van der Waals surface area (Å²) in [6.07, 6.45) is 8.22. The van der Waals surface area contributed by atoms with Gasteiger partial charge in [0.25, 0.3) is 0 Å². The first kappa shape index (κ1) is 22.9. The van der Waals surface area contributed by atoms with E-state index < -0.39 is 0 Å². The largest absolute Gasteiger partial charge is 0.378 e. The molecule has 34 heavy (non-hydrogen) atoms. The lowest BCUT2D eigenvalue weighted by Crippen LogP contribution is -2.52. The van der Waals surface area contributed by atoms with Gasteiger partial charge in [-0.15, -0.1) is 0 Å². The first-order chi connectivity index (χ1) is 16.6. The van der Waals surface area contributed by atoms with E-state index in [4.69, 9.17) is 4.74 Å². The molecule has 5 nitrogen and oxygen atoms in total. The fraction of sp³-hybridized carbons (Fsp3) is 0.448. The molecule has 1 saturated heterocycles. The van der Waals surface area contributed by atoms with Crippen molar-refractivity contribution in [1.82, 2.24) is 10.2 Å². The normalized spacial score (nSPS) is 23.3. The van der Waals surface area contributed by atoms with Crippen LogP contribution in [0.3, 0.4) is 0 Å². The molecular formula is C29H34N2O3. The van der Waals surface area contributed by atoms with E-state index in [0.717, 1.165) is 61.9 Å². The van der Waals surface area contributed by atoms with E-state index in [1.807, 2.05) is 41.3 Å². The van der Waals surface area contributed by atoms with Gasteiger partial charge in [-0.25, -0.2) is 0 Å². The SMILES string of the molecule is CO[C@H]1[C@H](NC(=O)Cc2ccccc2)c2ccccc2C12CCN(C(=O)C1=CCCCC1)CC2. The van der Waals surface area contributed by atoms with Crippen molar-refractivity contribution in [3.63, 3.8) is 0 Å². The maximum absolute atomic E-state index is 13.1. The number of ether oxygens (including phenoxy) is 1. The highest BCUT2D eigenvalue weighted by molar-refractivity contribution is 5.93. The summed E-state index contributed by atoms with van der Waals surface area (Å²) >= 11 is 0. The number of hydrogen-bond donors (Lipinski definition) is 1. The highest BCUT2D eigenvalue weighted by Crippen LogP contribution is 2.52. The maximum Gasteiger partial charge on any atom is 0.249 e. The Bertz CT molecular complexity index is 1070. The molecule has 1 aliphatic heterocycles. The Kier molecular flexibility index (Phi) is 6.55. The molecule has 2 atom stereocenters. The number of benzene rings is 2. The Balaban J connectivity index is 1.35. The first-order valence-electron chi connectivity index (χ1n) is 12.6. The molecule has 1 heterocycles. The number of methoxy groups -OCH3 is 1. The van der Waals surface area contributed by atoms with Crippen LogP contribution in [-0.4, -0.2) is 43.0 Å². The average Bonchev–Trinajstić information content (AvgIpc) is 3.13. The van der Waals surface area contributed by atoms with Crippen molar-refractivity contribution >= 4 is 11.8 Å². The van der Waals surface area contributed by atoms with E-state index in [2.05, 4.69) is 29.6 Å². The van der Waals surface area contributed by atoms with Crippen LogP contribution >= 0.6 is 0 Å². The van der Waals surface area contributed by atoms with Gasteiger partial charge in [-0.3, -0.25) is 9.59 Å². The molecule has 0 saturated carbocycles. The van der Waals surface area contributed by atoms with Crippen LogP contribution in [0.15, 0.2) is 66.2 Å². The zero-order valence-corrected chi connectivity index (χ0v) is 20.0. The zero-order valence-electron chi connectivity index (χ0n) is 20.0. The number of allylic oxidation sites excluding steroid dienone is 1. The lowest BCUT2D eigenvalue weighted by Gasteiger charge is -2.44. The number of fused-ring (bicyclic) bond motifs is 2. The number of nitrogens with one attached hydrogen (secondary N) is 1. The molecule has 1 fully saturated rings. The molecule has 0 unspecified atom stereocenters. The third-order valence-electron chi connectivity index (χ3n) is 7.97. The van der Waals surface area contributed by atoms with Gasteiger partial charge in [0.2, 0.25) is 11.8 Å². The van der Waals surface area contributed by atoms with Gasteiger partial charge < -0.3 is 15.0 Å². The number of likely N-dealkylation sites (tertiary alicyclic amines) is 1. The number of rotatable bonds is 5. The third-order valence-corrected chi connectivity index (χ3v) is 7.97. The summed E-state index contributed by atoms with van der Waals surface area (Å²) in [5, 5.41) is 3.29. The molecule has 2 aromatic carbocycles. The number of piperidine rings is 1. The molecular weight excluding hydrogens is 424 g/mol. The summed E-state index contributed by atoms with van der Waals surface area (Å²) in [4.78, 5) is 28.1. The molecule has 5 heteroatoms. The summed E-state index contributed by atoms with van der Waals surface area (Å²) in [6, 6.07) is 18.1. The van der Waals surface area contributed by atoms with Gasteiger partial charge in [0.05, 0.1) is 18.6 Å². The highest BCUT2D eigenvalue weighted by atomic mass is 16.5. The summed E-state index contributed by atoms with van der Waals surface area (Å²) in [7, 11) is 1.75. The number of nitrogens with zero attached hydrogens (tertiary/aromatic N) is 1. The number of carbonyl (C=O) groups excluding carboxylic acids is 2. The first-order valence-corrected chi connectivity index (χ1v) is 12.6. The molecule has 2 amide bonds. The van der Waals surface area contributed by atoms with E-state index in [9.17, 15) is 9.59 Å². The van der Waals surface area contributed by atoms with E-state index >= 15 is 0 Å². The smallest absolute Gasteiger partial charge is 0.249 e. The Morgan fingerprint density at radius 2 is 1.76 bits per heavy atom. The van der Waals surface area contributed by atoms with Gasteiger partial charge in [0.15, 0.2) is 0 Å². The zero-order chi connectivity index (χ0) is 23.5. The predicted octanol–water partition coefficient (Wildman–Crippen LogP) is 4.48. The lowest BCUT2D eigenvalue weighted by atomic mass is 9.71. The van der Waals surface area contributed by atoms with Gasteiger partial charge in [-0.05, 0) is 55.2 Å². The molecule has 1 spiro atoms. The predicted molar refractivity (Wildman–Crippen MR) is 132 cm³/mol. The number of hydrogen-bond acceptors (Lipinski definition) is 3. The van der Waals surface area contributed by atoms with Crippen molar-refractivity contribution < 1.29 is 14.3 Å². The number of carbonyl (C=O) groups is 2. The fourth-order valence-electron chi connectivity index (χ4n) is 6.28. The Morgan fingerprint density at radius 1 is 1.03 bits per heavy atom. The van der Waals surface area contributed by atoms with E-state index in [1.165, 1.54) is 12.0 Å². The molecule has 0 aromatic heterocycles. The van der Waals surface area contributed by atoms with Crippen LogP contribution in [0.4, 0.5) is 0 Å². The third kappa shape index (κ3) is 4.18. The van der Waals surface area contributed by atoms with Crippen LogP contribution in [0.5, 0.6) is 0 Å². The second-order valence-electron chi connectivity index (χ2n) is 9.87. The molecule has 0 radical (unpaired) electrons. The van der Waals surface area contributed by atoms with Gasteiger partial charge in [0, 0.05) is 31.2 Å². The van der Waals surface area contributed by atoms with Gasteiger partial charge >= 0.3 is 0 Å². The molecule has 2 aromatic rings. The Morgan fingerprint density at radius 3 is 2.47 bits per heavy atom. The van der Waals surface area contributed by atoms with Crippen LogP contribution in [-0.2, 0) is 26.2 Å². The van der Waals surface area contributed by atoms with E-state index in [1.54, 1.807) is 7.11 Å². The van der Waals surface area contributed by atoms with Crippen LogP contribution in [0.25, 0.3) is 0 Å². The molecule has 3 aliphatic rings. The second kappa shape index (κ2) is 9.75. The average molecular weight is 459 g/mol. The minimum absolute atomic E-state index is 0.00181. The van der Waals surface area contributed by atoms with Gasteiger partial charge in [-0.1, -0.05) is 60.7 Å². The molecule has 2 aliphatic carbocycles. The van der Waals surface area contributed by atoms with Crippen molar-refractivity contribution in [2.75, 3.05) is 20.2 Å². The summed E-state index contributed by atoms with van der Waals surface area (Å²) in [5.74, 6) is 0.212. The summed E-state index contributed by atoms with van der Waals surface area (Å²) in [6.45, 7) is 1.43. The van der Waals surface area contributed by atoms with Crippen molar-refractivity contribution in [3.8, 4) is 0 Å². The van der Waals surface area contributed by atoms with Crippen molar-refractivity contribution in [3.05, 3.63) is 82.9 Å². The highest BCUT2D eigenvalue weighted by Gasteiger charge is 2.54. The van der Waals surface area contributed by atoms with Crippen LogP contribution in [0.2, 0.25) is 0 Å². The minimum atomic E-state index is -0.201. The second-order valence-corrected chi connectivity index (χ2v) is 9.87. The summed E-state index contributed by atoms with van der Waals surface area (Å²) < 4.78 is 6.13. The Hall–Kier alpha value is -2.92. The van der Waals surface area contributed by atoms with E-state index in [0.29, 0.717) is 6.42 Å². The van der Waals surface area contributed by atoms with Gasteiger partial charge in [0.1, 0.15) is 0 Å². The van der Waals surface area contributed by atoms with Crippen molar-refractivity contribution in [2.24, 2.45) is 0 Å². The number of amides is 2. The van der Waals surface area contributed by atoms with Gasteiger partial charge in [-0.2, -0.15) is 0 Å². The van der Waals surface area contributed by atoms with Crippen LogP contribution in [0, 0.1) is 0 Å². The van der Waals surface area contributed by atoms with Crippen LogP contribution < -0.4 is 5.32 Å². The quantitative estimate of drug-likeness (QED) is 0.719. The van der Waals surface area contributed by atoms with Crippen LogP contribution in [0.1, 0.15) is 61.3 Å². The standard InChI is InChI=1S/C29H34N2O3/c1-34-27-26(30-25(32)20-21-10-4-2-5-11-21)23-14-8-9-15-24(23)29(27)16-18-31(19-17-29)28(33)22-12-6-3-7-13-22/h2,4-5,8-12,14-15,26-27H,3,6-7,13,16-20H2,1H3,(H,30,32)/t26-,27+/m1/s1. The van der Waals surface area contributed by atoms with Crippen molar-refractivity contribution in [1.29, 1.82) is 0 Å². The molecule has 1 N–H and O–H groups in total.